The van der Waals surface area contributed by atoms with Crippen molar-refractivity contribution in [3.8, 4) is 17.0 Å². The number of rotatable bonds is 4. The van der Waals surface area contributed by atoms with Crippen molar-refractivity contribution >= 4 is 17.1 Å². The number of methoxy groups -OCH3 is 1. The average molecular weight is 351 g/mol. The third-order valence-electron chi connectivity index (χ3n) is 4.00. The third-order valence-corrected chi connectivity index (χ3v) is 4.18. The van der Waals surface area contributed by atoms with Crippen molar-refractivity contribution in [1.29, 1.82) is 0 Å². The van der Waals surface area contributed by atoms with Gasteiger partial charge in [-0.15, -0.1) is 0 Å². The zero-order valence-electron chi connectivity index (χ0n) is 13.6. The molecule has 0 bridgehead atoms. The van der Waals surface area contributed by atoms with E-state index in [4.69, 9.17) is 21.4 Å². The minimum absolute atomic E-state index is 0.386. The van der Waals surface area contributed by atoms with Crippen LogP contribution in [0.3, 0.4) is 0 Å². The molecule has 0 N–H and O–H groups in total. The first-order valence-corrected chi connectivity index (χ1v) is 8.19. The summed E-state index contributed by atoms with van der Waals surface area (Å²) in [6, 6.07) is 14.0. The molecule has 4 rings (SSSR count). The standard InChI is InChI=1S/C19H15ClN4O/c1-25-15-7-8-17-16(9-14-10-21-11-18(20)22-14)19(23-24(17)12-15)13-5-3-2-4-6-13/h2-8,10-12H,9H2,1H3. The third kappa shape index (κ3) is 3.06. The molecule has 0 spiro atoms. The molecule has 0 atom stereocenters. The predicted molar refractivity (Wildman–Crippen MR) is 97.0 cm³/mol. The fourth-order valence-corrected chi connectivity index (χ4v) is 3.02. The zero-order chi connectivity index (χ0) is 17.2. The minimum atomic E-state index is 0.386. The zero-order valence-corrected chi connectivity index (χ0v) is 14.3. The molecule has 124 valence electrons. The number of pyridine rings is 1. The van der Waals surface area contributed by atoms with Gasteiger partial charge < -0.3 is 4.74 Å². The molecule has 0 aliphatic carbocycles. The Morgan fingerprint density at radius 1 is 1.08 bits per heavy atom. The fraction of sp³-hybridized carbons (Fsp3) is 0.105. The molecule has 3 heterocycles. The molecule has 0 saturated carbocycles. The van der Waals surface area contributed by atoms with Gasteiger partial charge in [0, 0.05) is 23.7 Å². The molecule has 0 aliphatic heterocycles. The Labute approximate surface area is 149 Å². The van der Waals surface area contributed by atoms with Gasteiger partial charge in [0.05, 0.1) is 36.4 Å². The molecule has 3 aromatic heterocycles. The summed E-state index contributed by atoms with van der Waals surface area (Å²) < 4.78 is 7.15. The Hall–Kier alpha value is -2.92. The van der Waals surface area contributed by atoms with Gasteiger partial charge in [-0.2, -0.15) is 5.10 Å². The van der Waals surface area contributed by atoms with Crippen LogP contribution in [0.4, 0.5) is 0 Å². The van der Waals surface area contributed by atoms with Gasteiger partial charge >= 0.3 is 0 Å². The summed E-state index contributed by atoms with van der Waals surface area (Å²) in [5.74, 6) is 0.753. The Morgan fingerprint density at radius 2 is 1.92 bits per heavy atom. The van der Waals surface area contributed by atoms with E-state index in [-0.39, 0.29) is 0 Å². The quantitative estimate of drug-likeness (QED) is 0.557. The van der Waals surface area contributed by atoms with E-state index in [2.05, 4.69) is 9.97 Å². The first-order chi connectivity index (χ1) is 12.2. The smallest absolute Gasteiger partial charge is 0.147 e. The molecule has 0 aliphatic rings. The molecule has 4 aromatic rings. The summed E-state index contributed by atoms with van der Waals surface area (Å²) in [6.07, 6.45) is 5.72. The van der Waals surface area contributed by atoms with Gasteiger partial charge in [0.2, 0.25) is 0 Å². The first kappa shape index (κ1) is 15.6. The number of aromatic nitrogens is 4. The van der Waals surface area contributed by atoms with Crippen LogP contribution in [-0.4, -0.2) is 26.7 Å². The maximum Gasteiger partial charge on any atom is 0.147 e. The molecule has 5 nitrogen and oxygen atoms in total. The van der Waals surface area contributed by atoms with Gasteiger partial charge in [0.15, 0.2) is 0 Å². The Kier molecular flexibility index (Phi) is 4.07. The van der Waals surface area contributed by atoms with E-state index in [1.165, 1.54) is 6.20 Å². The van der Waals surface area contributed by atoms with Crippen LogP contribution in [-0.2, 0) is 6.42 Å². The van der Waals surface area contributed by atoms with Crippen molar-refractivity contribution in [3.05, 3.63) is 77.5 Å². The monoisotopic (exact) mass is 350 g/mol. The second kappa shape index (κ2) is 6.53. The molecule has 0 amide bonds. The minimum Gasteiger partial charge on any atom is -0.495 e. The lowest BCUT2D eigenvalue weighted by Gasteiger charge is -2.04. The van der Waals surface area contributed by atoms with Crippen LogP contribution in [0.1, 0.15) is 11.3 Å². The van der Waals surface area contributed by atoms with Crippen molar-refractivity contribution in [3.63, 3.8) is 0 Å². The van der Waals surface area contributed by atoms with E-state index < -0.39 is 0 Å². The van der Waals surface area contributed by atoms with Gasteiger partial charge in [0.25, 0.3) is 0 Å². The predicted octanol–water partition coefficient (Wildman–Crippen LogP) is 4.04. The SMILES string of the molecule is COc1ccc2c(Cc3cncc(Cl)n3)c(-c3ccccc3)nn2c1. The highest BCUT2D eigenvalue weighted by Crippen LogP contribution is 2.29. The van der Waals surface area contributed by atoms with Crippen LogP contribution in [0.2, 0.25) is 5.15 Å². The highest BCUT2D eigenvalue weighted by Gasteiger charge is 2.16. The normalized spacial score (nSPS) is 11.0. The summed E-state index contributed by atoms with van der Waals surface area (Å²) in [6.45, 7) is 0. The van der Waals surface area contributed by atoms with Gasteiger partial charge in [-0.25, -0.2) is 9.50 Å². The summed E-state index contributed by atoms with van der Waals surface area (Å²) in [5, 5.41) is 5.15. The molecular weight excluding hydrogens is 336 g/mol. The second-order valence-electron chi connectivity index (χ2n) is 5.60. The van der Waals surface area contributed by atoms with Crippen molar-refractivity contribution in [2.24, 2.45) is 0 Å². The molecule has 1 aromatic carbocycles. The lowest BCUT2D eigenvalue weighted by molar-refractivity contribution is 0.411. The number of halogens is 1. The number of hydrogen-bond acceptors (Lipinski definition) is 4. The molecule has 6 heteroatoms. The second-order valence-corrected chi connectivity index (χ2v) is 5.99. The van der Waals surface area contributed by atoms with Crippen LogP contribution in [0, 0.1) is 0 Å². The molecular formula is C19H15ClN4O. The van der Waals surface area contributed by atoms with Gasteiger partial charge in [0.1, 0.15) is 10.9 Å². The lowest BCUT2D eigenvalue weighted by Crippen LogP contribution is -1.95. The first-order valence-electron chi connectivity index (χ1n) is 7.81. The van der Waals surface area contributed by atoms with Crippen LogP contribution in [0.25, 0.3) is 16.8 Å². The molecule has 25 heavy (non-hydrogen) atoms. The largest absolute Gasteiger partial charge is 0.495 e. The fourth-order valence-electron chi connectivity index (χ4n) is 2.85. The van der Waals surface area contributed by atoms with E-state index in [9.17, 15) is 0 Å². The Morgan fingerprint density at radius 3 is 2.68 bits per heavy atom. The van der Waals surface area contributed by atoms with Crippen molar-refractivity contribution in [2.75, 3.05) is 7.11 Å². The van der Waals surface area contributed by atoms with Crippen molar-refractivity contribution in [2.45, 2.75) is 6.42 Å². The van der Waals surface area contributed by atoms with Gasteiger partial charge in [-0.3, -0.25) is 4.98 Å². The van der Waals surface area contributed by atoms with E-state index in [0.29, 0.717) is 11.6 Å². The van der Waals surface area contributed by atoms with Crippen LogP contribution < -0.4 is 4.74 Å². The number of benzene rings is 1. The number of fused-ring (bicyclic) bond motifs is 1. The van der Waals surface area contributed by atoms with Gasteiger partial charge in [-0.05, 0) is 12.1 Å². The average Bonchev–Trinajstić information content (AvgIpc) is 3.00. The maximum absolute atomic E-state index is 5.99. The highest BCUT2D eigenvalue weighted by molar-refractivity contribution is 6.29. The van der Waals surface area contributed by atoms with E-state index in [1.54, 1.807) is 13.3 Å². The Balaban J connectivity index is 1.90. The topological polar surface area (TPSA) is 52.3 Å². The number of ether oxygens (including phenoxy) is 1. The van der Waals surface area contributed by atoms with Crippen LogP contribution in [0.15, 0.2) is 61.1 Å². The van der Waals surface area contributed by atoms with Crippen molar-refractivity contribution < 1.29 is 4.74 Å². The summed E-state index contributed by atoms with van der Waals surface area (Å²) >= 11 is 5.99. The highest BCUT2D eigenvalue weighted by atomic mass is 35.5. The van der Waals surface area contributed by atoms with E-state index in [0.717, 1.165) is 33.8 Å². The van der Waals surface area contributed by atoms with Crippen molar-refractivity contribution in [1.82, 2.24) is 19.6 Å². The summed E-state index contributed by atoms with van der Waals surface area (Å²) in [7, 11) is 1.64. The van der Waals surface area contributed by atoms with E-state index >= 15 is 0 Å². The molecule has 0 saturated heterocycles. The van der Waals surface area contributed by atoms with E-state index in [1.807, 2.05) is 53.2 Å². The maximum atomic E-state index is 5.99. The van der Waals surface area contributed by atoms with Crippen LogP contribution in [0.5, 0.6) is 5.75 Å². The summed E-state index contributed by atoms with van der Waals surface area (Å²) in [5.41, 5.74) is 4.84. The lowest BCUT2D eigenvalue weighted by atomic mass is 10.0. The molecule has 0 fully saturated rings. The summed E-state index contributed by atoms with van der Waals surface area (Å²) in [4.78, 5) is 8.50. The number of hydrogen-bond donors (Lipinski definition) is 0. The molecule has 0 radical (unpaired) electrons. The number of nitrogens with zero attached hydrogens (tertiary/aromatic N) is 4. The van der Waals surface area contributed by atoms with Gasteiger partial charge in [-0.1, -0.05) is 41.9 Å². The Bertz CT molecular complexity index is 1030. The molecule has 0 unspecified atom stereocenters. The van der Waals surface area contributed by atoms with Crippen LogP contribution >= 0.6 is 11.6 Å².